The predicted molar refractivity (Wildman–Crippen MR) is 84.9 cm³/mol. The zero-order valence-electron chi connectivity index (χ0n) is 13.9. The molecule has 0 saturated heterocycles. The number of hydrogen-bond acceptors (Lipinski definition) is 5. The Morgan fingerprint density at radius 1 is 1.13 bits per heavy atom. The van der Waals surface area contributed by atoms with Gasteiger partial charge in [0.05, 0.1) is 20.3 Å². The second-order valence-corrected chi connectivity index (χ2v) is 4.82. The van der Waals surface area contributed by atoms with E-state index in [4.69, 9.17) is 9.47 Å². The lowest BCUT2D eigenvalue weighted by Gasteiger charge is -2.17. The van der Waals surface area contributed by atoms with E-state index in [2.05, 4.69) is 10.1 Å². The Morgan fingerprint density at radius 2 is 1.78 bits per heavy atom. The second kappa shape index (κ2) is 10.4. The molecule has 1 aromatic rings. The number of alkyl carbamates (subject to hydrolysis) is 1. The van der Waals surface area contributed by atoms with E-state index in [1.165, 1.54) is 0 Å². The highest BCUT2D eigenvalue weighted by Gasteiger charge is 2.15. The van der Waals surface area contributed by atoms with Crippen LogP contribution in [-0.4, -0.2) is 52.0 Å². The van der Waals surface area contributed by atoms with Gasteiger partial charge in [-0.2, -0.15) is 0 Å². The first-order valence-corrected chi connectivity index (χ1v) is 7.66. The first-order valence-electron chi connectivity index (χ1n) is 7.66. The molecule has 7 nitrogen and oxygen atoms in total. The fraction of sp³-hybridized carbons (Fsp3) is 0.500. The molecule has 0 fully saturated rings. The predicted octanol–water partition coefficient (Wildman–Crippen LogP) is 0.252. The van der Waals surface area contributed by atoms with E-state index in [0.29, 0.717) is 13.2 Å². The van der Waals surface area contributed by atoms with Crippen molar-refractivity contribution in [3.8, 4) is 11.5 Å². The van der Waals surface area contributed by atoms with E-state index in [-0.39, 0.29) is 19.1 Å². The molecule has 1 atom stereocenters. The number of carbonyl (C=O) groups excluding carboxylic acids is 2. The van der Waals surface area contributed by atoms with Gasteiger partial charge in [-0.15, -0.1) is 0 Å². The van der Waals surface area contributed by atoms with Gasteiger partial charge < -0.3 is 19.1 Å². The zero-order valence-corrected chi connectivity index (χ0v) is 13.9. The van der Waals surface area contributed by atoms with E-state index in [9.17, 15) is 9.59 Å². The zero-order chi connectivity index (χ0) is 17.1. The maximum Gasteiger partial charge on any atom is 0.414 e. The molecule has 0 heterocycles. The van der Waals surface area contributed by atoms with Crippen molar-refractivity contribution in [3.05, 3.63) is 24.3 Å². The van der Waals surface area contributed by atoms with Crippen LogP contribution in [0, 0.1) is 0 Å². The van der Waals surface area contributed by atoms with E-state index in [0.717, 1.165) is 22.9 Å². The largest absolute Gasteiger partial charge is 0.497 e. The molecule has 0 aromatic heterocycles. The van der Waals surface area contributed by atoms with Gasteiger partial charge in [0, 0.05) is 0 Å². The fourth-order valence-corrected chi connectivity index (χ4v) is 1.93. The van der Waals surface area contributed by atoms with Crippen molar-refractivity contribution in [3.63, 3.8) is 0 Å². The van der Waals surface area contributed by atoms with Crippen molar-refractivity contribution in [1.29, 1.82) is 0 Å². The van der Waals surface area contributed by atoms with Crippen LogP contribution in [0.15, 0.2) is 24.3 Å². The number of quaternary nitrogens is 1. The molecule has 128 valence electrons. The molecular formula is C16H25N2O5+. The third-order valence-electron chi connectivity index (χ3n) is 3.21. The molecule has 2 N–H and O–H groups in total. The lowest BCUT2D eigenvalue weighted by atomic mass is 10.3. The summed E-state index contributed by atoms with van der Waals surface area (Å²) in [6.45, 7) is 5.97. The molecule has 0 bridgehead atoms. The Morgan fingerprint density at radius 3 is 2.35 bits per heavy atom. The van der Waals surface area contributed by atoms with Gasteiger partial charge in [-0.25, -0.2) is 4.79 Å². The minimum atomic E-state index is -0.706. The summed E-state index contributed by atoms with van der Waals surface area (Å²) in [5.41, 5.74) is 0. The Labute approximate surface area is 136 Å². The van der Waals surface area contributed by atoms with Crippen LogP contribution in [-0.2, 0) is 9.53 Å². The van der Waals surface area contributed by atoms with Gasteiger partial charge in [-0.1, -0.05) is 0 Å². The molecule has 2 amide bonds. The SMILES string of the molecule is CCOC(=O)NC(=O)C[NH+](CC)CCOc1ccc(OC)cc1. The van der Waals surface area contributed by atoms with Gasteiger partial charge in [0.25, 0.3) is 5.91 Å². The minimum Gasteiger partial charge on any atom is -0.497 e. The number of amides is 2. The van der Waals surface area contributed by atoms with Crippen molar-refractivity contribution in [2.45, 2.75) is 13.8 Å². The molecule has 0 aliphatic heterocycles. The van der Waals surface area contributed by atoms with Crippen molar-refractivity contribution in [2.24, 2.45) is 0 Å². The number of rotatable bonds is 9. The quantitative estimate of drug-likeness (QED) is 0.681. The molecular weight excluding hydrogens is 300 g/mol. The molecule has 1 unspecified atom stereocenters. The number of hydrogen-bond donors (Lipinski definition) is 2. The number of imide groups is 1. The van der Waals surface area contributed by atoms with Gasteiger partial charge in [-0.05, 0) is 38.1 Å². The highest BCUT2D eigenvalue weighted by atomic mass is 16.5. The maximum absolute atomic E-state index is 11.7. The first-order chi connectivity index (χ1) is 11.1. The van der Waals surface area contributed by atoms with Crippen LogP contribution >= 0.6 is 0 Å². The van der Waals surface area contributed by atoms with Gasteiger partial charge in [0.2, 0.25) is 0 Å². The molecule has 1 aromatic carbocycles. The molecule has 1 rings (SSSR count). The third-order valence-corrected chi connectivity index (χ3v) is 3.21. The summed E-state index contributed by atoms with van der Waals surface area (Å²) >= 11 is 0. The molecule has 23 heavy (non-hydrogen) atoms. The second-order valence-electron chi connectivity index (χ2n) is 4.82. The highest BCUT2D eigenvalue weighted by molar-refractivity contribution is 5.92. The average molecular weight is 325 g/mol. The van der Waals surface area contributed by atoms with Crippen LogP contribution in [0.1, 0.15) is 13.8 Å². The Hall–Kier alpha value is -2.28. The standard InChI is InChI=1S/C16H24N2O5/c1-4-18(12-15(19)17-16(20)22-5-2)10-11-23-14-8-6-13(21-3)7-9-14/h6-9H,4-5,10-12H2,1-3H3,(H,17,19,20)/p+1. The van der Waals surface area contributed by atoms with Gasteiger partial charge >= 0.3 is 6.09 Å². The molecule has 7 heteroatoms. The van der Waals surface area contributed by atoms with Gasteiger partial charge in [0.15, 0.2) is 6.54 Å². The fourth-order valence-electron chi connectivity index (χ4n) is 1.93. The topological polar surface area (TPSA) is 78.3 Å². The number of methoxy groups -OCH3 is 1. The van der Waals surface area contributed by atoms with Crippen LogP contribution in [0.3, 0.4) is 0 Å². The van der Waals surface area contributed by atoms with Crippen molar-refractivity contribution >= 4 is 12.0 Å². The lowest BCUT2D eigenvalue weighted by molar-refractivity contribution is -0.890. The molecule has 0 saturated carbocycles. The lowest BCUT2D eigenvalue weighted by Crippen LogP contribution is -3.13. The number of likely N-dealkylation sites (N-methyl/N-ethyl adjacent to an activating group) is 1. The van der Waals surface area contributed by atoms with Crippen LogP contribution in [0.2, 0.25) is 0 Å². The maximum atomic E-state index is 11.7. The molecule has 0 spiro atoms. The van der Waals surface area contributed by atoms with Gasteiger partial charge in [0.1, 0.15) is 24.7 Å². The highest BCUT2D eigenvalue weighted by Crippen LogP contribution is 2.16. The third kappa shape index (κ3) is 7.51. The van der Waals surface area contributed by atoms with E-state index >= 15 is 0 Å². The smallest absolute Gasteiger partial charge is 0.414 e. The van der Waals surface area contributed by atoms with E-state index < -0.39 is 6.09 Å². The van der Waals surface area contributed by atoms with Crippen LogP contribution in [0.4, 0.5) is 4.79 Å². The monoisotopic (exact) mass is 325 g/mol. The van der Waals surface area contributed by atoms with Crippen molar-refractivity contribution in [1.82, 2.24) is 5.32 Å². The molecule has 0 radical (unpaired) electrons. The summed E-state index contributed by atoms with van der Waals surface area (Å²) in [4.78, 5) is 23.9. The summed E-state index contributed by atoms with van der Waals surface area (Å²) in [5.74, 6) is 1.16. The Balaban J connectivity index is 2.32. The van der Waals surface area contributed by atoms with Crippen molar-refractivity contribution in [2.75, 3.05) is 40.0 Å². The number of ether oxygens (including phenoxy) is 3. The molecule has 0 aliphatic rings. The summed E-state index contributed by atoms with van der Waals surface area (Å²) in [6.07, 6.45) is -0.706. The average Bonchev–Trinajstić information content (AvgIpc) is 2.54. The van der Waals surface area contributed by atoms with E-state index in [1.807, 2.05) is 31.2 Å². The van der Waals surface area contributed by atoms with Crippen LogP contribution in [0.5, 0.6) is 11.5 Å². The van der Waals surface area contributed by atoms with Crippen LogP contribution < -0.4 is 19.7 Å². The summed E-state index contributed by atoms with van der Waals surface area (Å²) < 4.78 is 15.4. The number of benzene rings is 1. The number of nitrogens with one attached hydrogen (secondary N) is 2. The van der Waals surface area contributed by atoms with Crippen LogP contribution in [0.25, 0.3) is 0 Å². The van der Waals surface area contributed by atoms with E-state index in [1.54, 1.807) is 14.0 Å². The normalized spacial score (nSPS) is 11.4. The summed E-state index contributed by atoms with van der Waals surface area (Å²) in [6, 6.07) is 7.31. The van der Waals surface area contributed by atoms with Gasteiger partial charge in [-0.3, -0.25) is 10.1 Å². The number of carbonyl (C=O) groups is 2. The summed E-state index contributed by atoms with van der Waals surface area (Å²) in [7, 11) is 1.61. The molecule has 0 aliphatic carbocycles. The Kier molecular flexibility index (Phi) is 8.52. The minimum absolute atomic E-state index is 0.196. The summed E-state index contributed by atoms with van der Waals surface area (Å²) in [5, 5.41) is 2.19. The first kappa shape index (κ1) is 18.8. The van der Waals surface area contributed by atoms with Crippen molar-refractivity contribution < 1.29 is 28.7 Å². The Bertz CT molecular complexity index is 490.